The van der Waals surface area contributed by atoms with Crippen molar-refractivity contribution >= 4 is 46.7 Å². The van der Waals surface area contributed by atoms with Crippen LogP contribution in [0.3, 0.4) is 0 Å². The summed E-state index contributed by atoms with van der Waals surface area (Å²) in [7, 11) is 0. The molecule has 2 aromatic rings. The Bertz CT molecular complexity index is 781. The van der Waals surface area contributed by atoms with E-state index >= 15 is 0 Å². The van der Waals surface area contributed by atoms with Crippen molar-refractivity contribution in [2.75, 3.05) is 0 Å². The molecule has 25 heavy (non-hydrogen) atoms. The number of aromatic carboxylic acids is 2. The molecule has 0 fully saturated rings. The van der Waals surface area contributed by atoms with Crippen LogP contribution in [-0.2, 0) is 0 Å². The Kier molecular flexibility index (Phi) is 5.37. The predicted octanol–water partition coefficient (Wildman–Crippen LogP) is 2.73. The second-order valence-corrected chi connectivity index (χ2v) is 7.47. The van der Waals surface area contributed by atoms with Gasteiger partial charge in [0.15, 0.2) is 0 Å². The molecule has 6 nitrogen and oxygen atoms in total. The Morgan fingerprint density at radius 1 is 0.840 bits per heavy atom. The van der Waals surface area contributed by atoms with E-state index in [0.717, 1.165) is 24.3 Å². The van der Waals surface area contributed by atoms with Crippen LogP contribution in [-0.4, -0.2) is 25.9 Å². The minimum atomic E-state index is -2.00. The lowest BCUT2D eigenvalue weighted by molar-refractivity contribution is -0.269. The molecule has 2 rings (SSSR count). The maximum atomic E-state index is 11.6. The number of carbonyl (C=O) groups is 2. The van der Waals surface area contributed by atoms with Gasteiger partial charge in [-0.15, -0.1) is 0 Å². The monoisotopic (exact) mass is 402 g/mol. The first-order chi connectivity index (χ1) is 11.5. The Morgan fingerprint density at radius 2 is 1.20 bits per heavy atom. The first kappa shape index (κ1) is 19.2. The second-order valence-electron chi connectivity index (χ2n) is 5.10. The summed E-state index contributed by atoms with van der Waals surface area (Å²) in [6.07, 6.45) is 0. The van der Waals surface area contributed by atoms with Gasteiger partial charge in [-0.2, -0.15) is 0 Å². The highest BCUT2D eigenvalue weighted by Gasteiger charge is 2.36. The number of hydrogen-bond donors (Lipinski definition) is 2. The fraction of sp³-hybridized carbons (Fsp3) is 0.125. The van der Waals surface area contributed by atoms with Crippen molar-refractivity contribution in [1.82, 2.24) is 0 Å². The van der Waals surface area contributed by atoms with E-state index < -0.39 is 44.3 Å². The van der Waals surface area contributed by atoms with E-state index in [2.05, 4.69) is 0 Å². The molecule has 0 aliphatic carbocycles. The van der Waals surface area contributed by atoms with Crippen LogP contribution in [0.1, 0.15) is 37.8 Å². The Balaban J connectivity index is 2.67. The summed E-state index contributed by atoms with van der Waals surface area (Å²) in [6.45, 7) is 0. The van der Waals surface area contributed by atoms with E-state index in [1.54, 1.807) is 0 Å². The van der Waals surface area contributed by atoms with Gasteiger partial charge in [0.1, 0.15) is 0 Å². The van der Waals surface area contributed by atoms with Crippen molar-refractivity contribution in [3.63, 3.8) is 0 Å². The van der Waals surface area contributed by atoms with E-state index in [4.69, 9.17) is 45.0 Å². The van der Waals surface area contributed by atoms with Gasteiger partial charge in [-0.05, 0) is 23.3 Å². The third-order valence-electron chi connectivity index (χ3n) is 3.46. The average Bonchev–Trinajstić information content (AvgIpc) is 2.49. The van der Waals surface area contributed by atoms with Crippen molar-refractivity contribution in [2.45, 2.75) is 9.71 Å². The lowest BCUT2D eigenvalue weighted by Gasteiger charge is -2.27. The van der Waals surface area contributed by atoms with Crippen molar-refractivity contribution in [2.24, 2.45) is 0 Å². The molecule has 0 aromatic heterocycles. The third kappa shape index (κ3) is 4.10. The van der Waals surface area contributed by atoms with E-state index in [1.807, 2.05) is 0 Å². The lowest BCUT2D eigenvalue weighted by Crippen LogP contribution is -2.20. The van der Waals surface area contributed by atoms with E-state index in [-0.39, 0.29) is 11.1 Å². The molecule has 0 heterocycles. The van der Waals surface area contributed by atoms with Gasteiger partial charge in [-0.1, -0.05) is 70.6 Å². The maximum Gasteiger partial charge on any atom is 0.335 e. The van der Waals surface area contributed by atoms with Gasteiger partial charge < -0.3 is 20.4 Å². The molecule has 0 saturated carbocycles. The minimum Gasteiger partial charge on any atom is -0.872 e. The average molecular weight is 404 g/mol. The normalized spacial score (nSPS) is 11.5. The molecular formula is C16H9Cl3O6-2. The third-order valence-corrected chi connectivity index (χ3v) is 4.12. The van der Waals surface area contributed by atoms with Crippen molar-refractivity contribution in [1.29, 1.82) is 0 Å². The van der Waals surface area contributed by atoms with Crippen molar-refractivity contribution in [3.05, 3.63) is 58.7 Å². The minimum absolute atomic E-state index is 0.173. The van der Waals surface area contributed by atoms with Crippen LogP contribution >= 0.6 is 34.8 Å². The molecule has 0 radical (unpaired) electrons. The smallest absolute Gasteiger partial charge is 0.335 e. The molecule has 0 unspecified atom stereocenters. The zero-order valence-corrected chi connectivity index (χ0v) is 14.5. The van der Waals surface area contributed by atoms with Crippen LogP contribution in [0.5, 0.6) is 11.5 Å². The highest BCUT2D eigenvalue weighted by atomic mass is 35.6. The fourth-order valence-electron chi connectivity index (χ4n) is 2.36. The van der Waals surface area contributed by atoms with E-state index in [1.165, 1.54) is 12.1 Å². The van der Waals surface area contributed by atoms with Crippen LogP contribution in [0.25, 0.3) is 0 Å². The molecule has 0 atom stereocenters. The molecular weight excluding hydrogens is 395 g/mol. The topological polar surface area (TPSA) is 121 Å². The Morgan fingerprint density at radius 3 is 1.48 bits per heavy atom. The van der Waals surface area contributed by atoms with Crippen LogP contribution in [0, 0.1) is 0 Å². The maximum absolute atomic E-state index is 11.6. The molecule has 0 amide bonds. The summed E-state index contributed by atoms with van der Waals surface area (Å²) in [5, 5.41) is 41.4. The zero-order valence-electron chi connectivity index (χ0n) is 12.2. The molecule has 132 valence electrons. The molecule has 2 N–H and O–H groups in total. The summed E-state index contributed by atoms with van der Waals surface area (Å²) in [4.78, 5) is 22.3. The van der Waals surface area contributed by atoms with Crippen molar-refractivity contribution < 1.29 is 30.0 Å². The van der Waals surface area contributed by atoms with Gasteiger partial charge in [0.2, 0.25) is 3.79 Å². The SMILES string of the molecule is O=C(O)c1cc(C(c2ccc([O-])c(C(=O)O)c2)C(Cl)(Cl)Cl)ccc1[O-]. The van der Waals surface area contributed by atoms with Gasteiger partial charge in [0, 0.05) is 0 Å². The summed E-state index contributed by atoms with van der Waals surface area (Å²) in [5.74, 6) is -5.44. The zero-order chi connectivity index (χ0) is 18.9. The van der Waals surface area contributed by atoms with Crippen LogP contribution in [0.2, 0.25) is 0 Å². The summed E-state index contributed by atoms with van der Waals surface area (Å²) in [5.41, 5.74) is -0.690. The molecule has 9 heteroatoms. The first-order valence-electron chi connectivity index (χ1n) is 6.67. The van der Waals surface area contributed by atoms with E-state index in [9.17, 15) is 19.8 Å². The predicted molar refractivity (Wildman–Crippen MR) is 87.8 cm³/mol. The highest BCUT2D eigenvalue weighted by Crippen LogP contribution is 2.46. The molecule has 0 aliphatic rings. The summed E-state index contributed by atoms with van der Waals surface area (Å²) < 4.78 is -2.00. The molecule has 0 saturated heterocycles. The summed E-state index contributed by atoms with van der Waals surface area (Å²) >= 11 is 18.0. The summed E-state index contributed by atoms with van der Waals surface area (Å²) in [6, 6.07) is 6.72. The lowest BCUT2D eigenvalue weighted by atomic mass is 9.90. The van der Waals surface area contributed by atoms with Gasteiger partial charge >= 0.3 is 11.9 Å². The number of carboxylic acid groups (broad SMARTS) is 2. The molecule has 2 aromatic carbocycles. The van der Waals surface area contributed by atoms with Gasteiger partial charge in [0.25, 0.3) is 0 Å². The Labute approximate surface area is 156 Å². The molecule has 0 aliphatic heterocycles. The number of benzene rings is 2. The quantitative estimate of drug-likeness (QED) is 0.757. The number of hydrogen-bond acceptors (Lipinski definition) is 4. The van der Waals surface area contributed by atoms with Gasteiger partial charge in [-0.3, -0.25) is 0 Å². The fourth-order valence-corrected chi connectivity index (χ4v) is 3.11. The van der Waals surface area contributed by atoms with Crippen LogP contribution < -0.4 is 10.2 Å². The number of alkyl halides is 3. The van der Waals surface area contributed by atoms with Crippen molar-refractivity contribution in [3.8, 4) is 11.5 Å². The molecule has 0 spiro atoms. The largest absolute Gasteiger partial charge is 0.872 e. The molecule has 0 bridgehead atoms. The Hall–Kier alpha value is -2.15. The number of rotatable bonds is 4. The van der Waals surface area contributed by atoms with Gasteiger partial charge in [0.05, 0.1) is 17.0 Å². The van der Waals surface area contributed by atoms with E-state index in [0.29, 0.717) is 0 Å². The highest BCUT2D eigenvalue weighted by molar-refractivity contribution is 6.68. The number of halogens is 3. The standard InChI is InChI=1S/C16H11Cl3O6/c17-16(18,19)13(7-1-3-11(20)9(5-7)14(22)23)8-2-4-12(21)10(6-8)15(24)25/h1-6,13,20-21H,(H,22,23)(H,24,25)/p-2. The van der Waals surface area contributed by atoms with Gasteiger partial charge in [-0.25, -0.2) is 9.59 Å². The van der Waals surface area contributed by atoms with Crippen LogP contribution in [0.4, 0.5) is 0 Å². The first-order valence-corrected chi connectivity index (χ1v) is 7.81. The second kappa shape index (κ2) is 7.00. The number of carboxylic acids is 2. The van der Waals surface area contributed by atoms with Crippen LogP contribution in [0.15, 0.2) is 36.4 Å².